The molecule has 7 nitrogen and oxygen atoms in total. The van der Waals surface area contributed by atoms with Gasteiger partial charge in [0.1, 0.15) is 0 Å². The molecule has 0 aromatic carbocycles. The predicted molar refractivity (Wildman–Crippen MR) is 90.1 cm³/mol. The van der Waals surface area contributed by atoms with E-state index < -0.39 is 5.97 Å². The molecule has 0 aliphatic rings. The first kappa shape index (κ1) is 17.9. The molecule has 8 heteroatoms. The van der Waals surface area contributed by atoms with E-state index in [1.54, 1.807) is 11.3 Å². The van der Waals surface area contributed by atoms with E-state index >= 15 is 0 Å². The second kappa shape index (κ2) is 8.97. The maximum atomic E-state index is 11.9. The van der Waals surface area contributed by atoms with Gasteiger partial charge in [0.15, 0.2) is 12.3 Å². The van der Waals surface area contributed by atoms with Gasteiger partial charge in [-0.2, -0.15) is 5.10 Å². The number of carbonyl (C=O) groups excluding carboxylic acids is 2. The third kappa shape index (κ3) is 5.31. The lowest BCUT2D eigenvalue weighted by Gasteiger charge is -2.07. The summed E-state index contributed by atoms with van der Waals surface area (Å²) in [5.41, 5.74) is -0.269. The molecule has 0 bridgehead atoms. The Morgan fingerprint density at radius 3 is 2.88 bits per heavy atom. The number of hydrogen-bond acceptors (Lipinski definition) is 6. The minimum Gasteiger partial charge on any atom is -0.451 e. The summed E-state index contributed by atoms with van der Waals surface area (Å²) < 4.78 is 6.13. The normalized spacial score (nSPS) is 10.4. The van der Waals surface area contributed by atoms with Crippen LogP contribution in [0.25, 0.3) is 0 Å². The van der Waals surface area contributed by atoms with Crippen LogP contribution in [0.5, 0.6) is 0 Å². The molecular formula is C16H19N3O4S. The first-order valence-electron chi connectivity index (χ1n) is 7.64. The average Bonchev–Trinajstić information content (AvgIpc) is 3.08. The lowest BCUT2D eigenvalue weighted by Crippen LogP contribution is -2.31. The lowest BCUT2D eigenvalue weighted by atomic mass is 10.3. The zero-order chi connectivity index (χ0) is 17.4. The number of esters is 1. The summed E-state index contributed by atoms with van der Waals surface area (Å²) in [6.45, 7) is 2.43. The predicted octanol–water partition coefficient (Wildman–Crippen LogP) is 1.23. The molecule has 0 aliphatic carbocycles. The molecule has 24 heavy (non-hydrogen) atoms. The summed E-state index contributed by atoms with van der Waals surface area (Å²) in [5, 5.41) is 8.59. The minimum atomic E-state index is -0.728. The largest absolute Gasteiger partial charge is 0.451 e. The molecule has 0 radical (unpaired) electrons. The van der Waals surface area contributed by atoms with Gasteiger partial charge in [-0.1, -0.05) is 13.0 Å². The molecule has 2 heterocycles. The van der Waals surface area contributed by atoms with Gasteiger partial charge in [-0.15, -0.1) is 11.3 Å². The molecule has 0 spiro atoms. The molecule has 0 fully saturated rings. The van der Waals surface area contributed by atoms with Crippen LogP contribution in [0, 0.1) is 0 Å². The zero-order valence-corrected chi connectivity index (χ0v) is 14.2. The van der Waals surface area contributed by atoms with Crippen molar-refractivity contribution >= 4 is 23.2 Å². The third-order valence-corrected chi connectivity index (χ3v) is 4.06. The first-order chi connectivity index (χ1) is 11.6. The highest BCUT2D eigenvalue weighted by Crippen LogP contribution is 2.07. The number of hydrogen-bond donors (Lipinski definition) is 1. The van der Waals surface area contributed by atoms with Crippen molar-refractivity contribution in [3.8, 4) is 0 Å². The summed E-state index contributed by atoms with van der Waals surface area (Å²) in [6, 6.07) is 6.51. The van der Waals surface area contributed by atoms with Gasteiger partial charge < -0.3 is 10.1 Å². The number of aryl methyl sites for hydroxylation is 1. The van der Waals surface area contributed by atoms with Gasteiger partial charge in [-0.3, -0.25) is 9.59 Å². The van der Waals surface area contributed by atoms with Crippen LogP contribution in [0.2, 0.25) is 0 Å². The SMILES string of the molecule is CCCn1nc(C(=O)OCC(=O)NCCc2cccs2)ccc1=O. The Morgan fingerprint density at radius 2 is 2.17 bits per heavy atom. The van der Waals surface area contributed by atoms with Gasteiger partial charge in [0, 0.05) is 24.0 Å². The van der Waals surface area contributed by atoms with E-state index in [2.05, 4.69) is 10.4 Å². The number of carbonyl (C=O) groups is 2. The Morgan fingerprint density at radius 1 is 1.33 bits per heavy atom. The fourth-order valence-electron chi connectivity index (χ4n) is 1.97. The summed E-state index contributed by atoms with van der Waals surface area (Å²) >= 11 is 1.62. The molecule has 0 saturated heterocycles. The summed E-state index contributed by atoms with van der Waals surface area (Å²) in [4.78, 5) is 36.3. The van der Waals surface area contributed by atoms with Crippen LogP contribution in [0.4, 0.5) is 0 Å². The molecule has 0 atom stereocenters. The maximum absolute atomic E-state index is 11.9. The van der Waals surface area contributed by atoms with E-state index in [0.717, 1.165) is 12.8 Å². The van der Waals surface area contributed by atoms with Gasteiger partial charge in [-0.25, -0.2) is 9.48 Å². The van der Waals surface area contributed by atoms with E-state index in [1.165, 1.54) is 21.7 Å². The summed E-state index contributed by atoms with van der Waals surface area (Å²) in [5.74, 6) is -1.10. The molecule has 1 amide bonds. The van der Waals surface area contributed by atoms with Crippen LogP contribution in [0.1, 0.15) is 28.7 Å². The van der Waals surface area contributed by atoms with Crippen molar-refractivity contribution in [2.24, 2.45) is 0 Å². The van der Waals surface area contributed by atoms with Crippen LogP contribution < -0.4 is 10.9 Å². The van der Waals surface area contributed by atoms with Crippen molar-refractivity contribution in [3.63, 3.8) is 0 Å². The Hall–Kier alpha value is -2.48. The van der Waals surface area contributed by atoms with Crippen molar-refractivity contribution < 1.29 is 14.3 Å². The Kier molecular flexibility index (Phi) is 6.68. The number of ether oxygens (including phenoxy) is 1. The number of aromatic nitrogens is 2. The molecule has 0 aliphatic heterocycles. The Labute approximate surface area is 143 Å². The van der Waals surface area contributed by atoms with Crippen LogP contribution in [0.3, 0.4) is 0 Å². The monoisotopic (exact) mass is 349 g/mol. The highest BCUT2D eigenvalue weighted by molar-refractivity contribution is 7.09. The fourth-order valence-corrected chi connectivity index (χ4v) is 2.67. The van der Waals surface area contributed by atoms with Crippen molar-refractivity contribution in [1.29, 1.82) is 0 Å². The molecule has 2 rings (SSSR count). The van der Waals surface area contributed by atoms with Crippen molar-refractivity contribution in [3.05, 3.63) is 50.6 Å². The third-order valence-electron chi connectivity index (χ3n) is 3.12. The zero-order valence-electron chi connectivity index (χ0n) is 13.4. The number of thiophene rings is 1. The molecule has 1 N–H and O–H groups in total. The molecule has 0 unspecified atom stereocenters. The molecule has 2 aromatic heterocycles. The number of nitrogens with zero attached hydrogens (tertiary/aromatic N) is 2. The van der Waals surface area contributed by atoms with Crippen molar-refractivity contribution in [2.45, 2.75) is 26.3 Å². The Balaban J connectivity index is 1.78. The van der Waals surface area contributed by atoms with Crippen molar-refractivity contribution in [2.75, 3.05) is 13.2 Å². The summed E-state index contributed by atoms with van der Waals surface area (Å²) in [7, 11) is 0. The van der Waals surface area contributed by atoms with Gasteiger partial charge in [0.25, 0.3) is 11.5 Å². The fraction of sp³-hybridized carbons (Fsp3) is 0.375. The molecule has 2 aromatic rings. The second-order valence-corrected chi connectivity index (χ2v) is 6.07. The van der Waals surface area contributed by atoms with Gasteiger partial charge in [-0.05, 0) is 30.4 Å². The standard InChI is InChI=1S/C16H19N3O4S/c1-2-9-19-15(21)6-5-13(18-19)16(22)23-11-14(20)17-8-7-12-4-3-10-24-12/h3-6,10H,2,7-9,11H2,1H3,(H,17,20). The summed E-state index contributed by atoms with van der Waals surface area (Å²) in [6.07, 6.45) is 1.46. The number of amides is 1. The van der Waals surface area contributed by atoms with Crippen LogP contribution in [-0.2, 0) is 22.5 Å². The maximum Gasteiger partial charge on any atom is 0.359 e. The Bertz CT molecular complexity index is 740. The van der Waals surface area contributed by atoms with Crippen LogP contribution >= 0.6 is 11.3 Å². The van der Waals surface area contributed by atoms with Crippen LogP contribution in [-0.4, -0.2) is 34.8 Å². The van der Waals surface area contributed by atoms with Gasteiger partial charge in [0.05, 0.1) is 0 Å². The average molecular weight is 349 g/mol. The lowest BCUT2D eigenvalue weighted by molar-refractivity contribution is -0.124. The highest BCUT2D eigenvalue weighted by Gasteiger charge is 2.13. The van der Waals surface area contributed by atoms with E-state index in [4.69, 9.17) is 4.74 Å². The minimum absolute atomic E-state index is 0.00874. The van der Waals surface area contributed by atoms with Gasteiger partial charge >= 0.3 is 5.97 Å². The van der Waals surface area contributed by atoms with Crippen molar-refractivity contribution in [1.82, 2.24) is 15.1 Å². The van der Waals surface area contributed by atoms with E-state index in [1.807, 2.05) is 24.4 Å². The van der Waals surface area contributed by atoms with Crippen LogP contribution in [0.15, 0.2) is 34.4 Å². The first-order valence-corrected chi connectivity index (χ1v) is 8.52. The topological polar surface area (TPSA) is 90.3 Å². The molecule has 0 saturated carbocycles. The molecular weight excluding hydrogens is 330 g/mol. The second-order valence-electron chi connectivity index (χ2n) is 5.04. The van der Waals surface area contributed by atoms with E-state index in [9.17, 15) is 14.4 Å². The smallest absolute Gasteiger partial charge is 0.359 e. The number of nitrogens with one attached hydrogen (secondary N) is 1. The van der Waals surface area contributed by atoms with E-state index in [0.29, 0.717) is 13.1 Å². The van der Waals surface area contributed by atoms with E-state index in [-0.39, 0.29) is 23.8 Å². The quantitative estimate of drug-likeness (QED) is 0.724. The molecule has 128 valence electrons. The number of rotatable bonds is 8. The highest BCUT2D eigenvalue weighted by atomic mass is 32.1. The van der Waals surface area contributed by atoms with Gasteiger partial charge in [0.2, 0.25) is 0 Å².